The molecule has 6 heteroatoms. The molecule has 2 atom stereocenters. The molecule has 4 rings (SSSR count). The minimum absolute atomic E-state index is 0.0136. The predicted molar refractivity (Wildman–Crippen MR) is 105 cm³/mol. The van der Waals surface area contributed by atoms with Gasteiger partial charge in [-0.2, -0.15) is 0 Å². The Kier molecular flexibility index (Phi) is 5.09. The van der Waals surface area contributed by atoms with Crippen LogP contribution in [0, 0.1) is 5.82 Å². The number of amides is 1. The Morgan fingerprint density at radius 2 is 1.72 bits per heavy atom. The summed E-state index contributed by atoms with van der Waals surface area (Å²) in [4.78, 5) is 25.4. The van der Waals surface area contributed by atoms with E-state index in [-0.39, 0.29) is 29.8 Å². The number of rotatable bonds is 4. The maximum atomic E-state index is 13.7. The molecule has 0 aromatic heterocycles. The van der Waals surface area contributed by atoms with E-state index in [9.17, 15) is 14.0 Å². The molecule has 150 valence electrons. The molecule has 1 N–H and O–H groups in total. The topological polar surface area (TPSA) is 64.6 Å². The molecule has 1 amide bonds. The van der Waals surface area contributed by atoms with Crippen LogP contribution >= 0.6 is 0 Å². The summed E-state index contributed by atoms with van der Waals surface area (Å²) < 4.78 is 24.4. The highest BCUT2D eigenvalue weighted by atomic mass is 19.1. The summed E-state index contributed by atoms with van der Waals surface area (Å²) in [6.07, 6.45) is 1.01. The maximum absolute atomic E-state index is 13.7. The average molecular weight is 395 g/mol. The third kappa shape index (κ3) is 3.62. The number of allylic oxidation sites excluding steroid dienone is 2. The molecule has 2 aliphatic rings. The van der Waals surface area contributed by atoms with Crippen LogP contribution in [0.5, 0.6) is 11.5 Å². The Morgan fingerprint density at radius 1 is 0.931 bits per heavy atom. The first-order valence-electron chi connectivity index (χ1n) is 9.53. The second-order valence-electron chi connectivity index (χ2n) is 7.39. The van der Waals surface area contributed by atoms with Crippen LogP contribution in [0.3, 0.4) is 0 Å². The van der Waals surface area contributed by atoms with Gasteiger partial charge in [0.2, 0.25) is 5.91 Å². The molecule has 0 radical (unpaired) electrons. The van der Waals surface area contributed by atoms with Crippen molar-refractivity contribution in [2.75, 3.05) is 14.2 Å². The van der Waals surface area contributed by atoms with Crippen LogP contribution in [0.4, 0.5) is 4.39 Å². The van der Waals surface area contributed by atoms with Crippen molar-refractivity contribution in [3.05, 3.63) is 70.7 Å². The van der Waals surface area contributed by atoms with E-state index < -0.39 is 5.92 Å². The monoisotopic (exact) mass is 395 g/mol. The molecule has 0 saturated heterocycles. The van der Waals surface area contributed by atoms with Crippen LogP contribution in [-0.2, 0) is 9.59 Å². The highest BCUT2D eigenvalue weighted by Crippen LogP contribution is 2.43. The summed E-state index contributed by atoms with van der Waals surface area (Å²) in [5.74, 6) is 0.194. The zero-order valence-corrected chi connectivity index (χ0v) is 16.3. The van der Waals surface area contributed by atoms with Crippen molar-refractivity contribution in [3.63, 3.8) is 0 Å². The Balaban J connectivity index is 1.70. The van der Waals surface area contributed by atoms with E-state index in [0.717, 1.165) is 5.56 Å². The van der Waals surface area contributed by atoms with Crippen molar-refractivity contribution in [1.29, 1.82) is 0 Å². The highest BCUT2D eigenvalue weighted by Gasteiger charge is 2.38. The molecular formula is C23H22FNO4. The number of methoxy groups -OCH3 is 2. The maximum Gasteiger partial charge on any atom is 0.225 e. The number of carbonyl (C=O) groups excluding carboxylic acids is 2. The highest BCUT2D eigenvalue weighted by molar-refractivity contribution is 6.02. The van der Waals surface area contributed by atoms with E-state index >= 15 is 0 Å². The molecule has 0 fully saturated rings. The van der Waals surface area contributed by atoms with Crippen LogP contribution in [0.15, 0.2) is 53.7 Å². The summed E-state index contributed by atoms with van der Waals surface area (Å²) >= 11 is 0. The second-order valence-corrected chi connectivity index (χ2v) is 7.39. The molecular weight excluding hydrogens is 373 g/mol. The molecule has 0 bridgehead atoms. The van der Waals surface area contributed by atoms with Crippen LogP contribution in [0.1, 0.15) is 42.2 Å². The molecule has 1 aliphatic heterocycles. The number of hydrogen-bond donors (Lipinski definition) is 1. The molecule has 1 aliphatic carbocycles. The van der Waals surface area contributed by atoms with Gasteiger partial charge in [0.25, 0.3) is 0 Å². The lowest BCUT2D eigenvalue weighted by molar-refractivity contribution is -0.122. The molecule has 2 aromatic carbocycles. The minimum Gasteiger partial charge on any atom is -0.493 e. The lowest BCUT2D eigenvalue weighted by Crippen LogP contribution is -2.38. The number of benzene rings is 2. The number of nitrogens with one attached hydrogen (secondary N) is 1. The SMILES string of the molecule is COc1ccc(C2CC(=O)C3=C(C2)NC(=O)CC3c2cccc(F)c2)cc1OC. The van der Waals surface area contributed by atoms with Crippen molar-refractivity contribution in [3.8, 4) is 11.5 Å². The molecule has 0 spiro atoms. The summed E-state index contributed by atoms with van der Waals surface area (Å²) in [7, 11) is 3.14. The standard InChI is InChI=1S/C23H22FNO4/c1-28-20-7-6-13(11-21(20)29-2)15-9-18-23(19(26)10-15)17(12-22(27)25-18)14-4-3-5-16(24)8-14/h3-8,11,15,17H,9-10,12H2,1-2H3,(H,25,27). The lowest BCUT2D eigenvalue weighted by Gasteiger charge is -2.34. The number of ether oxygens (including phenoxy) is 2. The third-order valence-corrected chi connectivity index (χ3v) is 5.67. The Labute approximate surface area is 168 Å². The summed E-state index contributed by atoms with van der Waals surface area (Å²) in [6, 6.07) is 11.7. The van der Waals surface area contributed by atoms with Gasteiger partial charge in [-0.25, -0.2) is 4.39 Å². The molecule has 29 heavy (non-hydrogen) atoms. The summed E-state index contributed by atoms with van der Waals surface area (Å²) in [5.41, 5.74) is 2.86. The van der Waals surface area contributed by atoms with Gasteiger partial charge < -0.3 is 14.8 Å². The largest absolute Gasteiger partial charge is 0.493 e. The van der Waals surface area contributed by atoms with Gasteiger partial charge in [0.05, 0.1) is 14.2 Å². The molecule has 5 nitrogen and oxygen atoms in total. The van der Waals surface area contributed by atoms with Crippen molar-refractivity contribution in [2.24, 2.45) is 0 Å². The normalized spacial score (nSPS) is 21.5. The lowest BCUT2D eigenvalue weighted by atomic mass is 9.73. The fraction of sp³-hybridized carbons (Fsp3) is 0.304. The van der Waals surface area contributed by atoms with E-state index in [0.29, 0.717) is 41.2 Å². The zero-order chi connectivity index (χ0) is 20.5. The van der Waals surface area contributed by atoms with E-state index in [1.165, 1.54) is 12.1 Å². The van der Waals surface area contributed by atoms with E-state index in [1.54, 1.807) is 26.4 Å². The van der Waals surface area contributed by atoms with Gasteiger partial charge in [-0.15, -0.1) is 0 Å². The van der Waals surface area contributed by atoms with E-state index in [1.807, 2.05) is 18.2 Å². The zero-order valence-electron chi connectivity index (χ0n) is 16.3. The van der Waals surface area contributed by atoms with Crippen LogP contribution in [0.2, 0.25) is 0 Å². The van der Waals surface area contributed by atoms with Crippen LogP contribution in [-0.4, -0.2) is 25.9 Å². The first-order chi connectivity index (χ1) is 14.0. The van der Waals surface area contributed by atoms with E-state index in [2.05, 4.69) is 5.32 Å². The van der Waals surface area contributed by atoms with Crippen molar-refractivity contribution in [2.45, 2.75) is 31.1 Å². The first-order valence-corrected chi connectivity index (χ1v) is 9.53. The van der Waals surface area contributed by atoms with Gasteiger partial charge in [0, 0.05) is 30.0 Å². The van der Waals surface area contributed by atoms with Crippen LogP contribution in [0.25, 0.3) is 0 Å². The van der Waals surface area contributed by atoms with Gasteiger partial charge in [-0.3, -0.25) is 9.59 Å². The molecule has 0 saturated carbocycles. The van der Waals surface area contributed by atoms with Crippen LogP contribution < -0.4 is 14.8 Å². The number of hydrogen-bond acceptors (Lipinski definition) is 4. The van der Waals surface area contributed by atoms with Crippen molar-refractivity contribution in [1.82, 2.24) is 5.32 Å². The number of ketones is 1. The van der Waals surface area contributed by atoms with Gasteiger partial charge in [0.1, 0.15) is 5.82 Å². The molecule has 1 heterocycles. The minimum atomic E-state index is -0.409. The van der Waals surface area contributed by atoms with Crippen molar-refractivity contribution >= 4 is 11.7 Å². The third-order valence-electron chi connectivity index (χ3n) is 5.67. The quantitative estimate of drug-likeness (QED) is 0.854. The predicted octanol–water partition coefficient (Wildman–Crippen LogP) is 3.85. The van der Waals surface area contributed by atoms with Gasteiger partial charge in [0.15, 0.2) is 17.3 Å². The molecule has 2 aromatic rings. The smallest absolute Gasteiger partial charge is 0.225 e. The Bertz CT molecular complexity index is 1010. The average Bonchev–Trinajstić information content (AvgIpc) is 2.72. The Hall–Kier alpha value is -3.15. The fourth-order valence-corrected chi connectivity index (χ4v) is 4.31. The molecule has 2 unspecified atom stereocenters. The van der Waals surface area contributed by atoms with Gasteiger partial charge in [-0.1, -0.05) is 18.2 Å². The second kappa shape index (κ2) is 7.70. The number of halogens is 1. The summed E-state index contributed by atoms with van der Waals surface area (Å²) in [6.45, 7) is 0. The van der Waals surface area contributed by atoms with Gasteiger partial charge in [-0.05, 0) is 47.7 Å². The Morgan fingerprint density at radius 3 is 2.45 bits per heavy atom. The number of carbonyl (C=O) groups is 2. The van der Waals surface area contributed by atoms with Crippen molar-refractivity contribution < 1.29 is 23.5 Å². The number of Topliss-reactive ketones (excluding diaryl/α,β-unsaturated/α-hetero) is 1. The van der Waals surface area contributed by atoms with Gasteiger partial charge >= 0.3 is 0 Å². The first kappa shape index (κ1) is 19.2. The van der Waals surface area contributed by atoms with E-state index in [4.69, 9.17) is 9.47 Å². The summed E-state index contributed by atoms with van der Waals surface area (Å²) in [5, 5.41) is 2.88. The fourth-order valence-electron chi connectivity index (χ4n) is 4.31.